The number of hydrogen-bond donors (Lipinski definition) is 1. The van der Waals surface area contributed by atoms with Gasteiger partial charge in [-0.05, 0) is 36.6 Å². The quantitative estimate of drug-likeness (QED) is 0.852. The first-order chi connectivity index (χ1) is 8.26. The molecule has 1 N–H and O–H groups in total. The van der Waals surface area contributed by atoms with E-state index in [1.165, 1.54) is 0 Å². The van der Waals surface area contributed by atoms with Crippen molar-refractivity contribution in [2.45, 2.75) is 12.8 Å². The van der Waals surface area contributed by atoms with Crippen LogP contribution in [0.3, 0.4) is 0 Å². The third kappa shape index (κ3) is 2.42. The molecular weight excluding hydrogens is 218 g/mol. The smallest absolute Gasteiger partial charge is 0.254 e. The van der Waals surface area contributed by atoms with Crippen molar-refractivity contribution in [1.29, 1.82) is 0 Å². The van der Waals surface area contributed by atoms with Crippen LogP contribution < -0.4 is 4.74 Å². The van der Waals surface area contributed by atoms with E-state index in [1.54, 1.807) is 18.1 Å². The fourth-order valence-electron chi connectivity index (χ4n) is 2.18. The highest BCUT2D eigenvalue weighted by Gasteiger charge is 2.21. The van der Waals surface area contributed by atoms with Crippen LogP contribution in [0.1, 0.15) is 22.3 Å². The van der Waals surface area contributed by atoms with E-state index in [0.29, 0.717) is 13.1 Å². The SMILES string of the molecule is COc1ccc2c(c1)CCCN(CCO)C2=O. The minimum atomic E-state index is 0.00852. The number of rotatable bonds is 3. The van der Waals surface area contributed by atoms with E-state index >= 15 is 0 Å². The number of aliphatic hydroxyl groups excluding tert-OH is 1. The van der Waals surface area contributed by atoms with E-state index in [2.05, 4.69) is 0 Å². The Bertz CT molecular complexity index is 417. The molecule has 1 aromatic rings. The largest absolute Gasteiger partial charge is 0.497 e. The van der Waals surface area contributed by atoms with Crippen LogP contribution in [-0.2, 0) is 6.42 Å². The molecule has 92 valence electrons. The fourth-order valence-corrected chi connectivity index (χ4v) is 2.18. The Labute approximate surface area is 101 Å². The summed E-state index contributed by atoms with van der Waals surface area (Å²) in [6.45, 7) is 1.12. The predicted molar refractivity (Wildman–Crippen MR) is 64.3 cm³/mol. The van der Waals surface area contributed by atoms with Gasteiger partial charge in [0.25, 0.3) is 5.91 Å². The van der Waals surface area contributed by atoms with Crippen LogP contribution in [0, 0.1) is 0 Å². The summed E-state index contributed by atoms with van der Waals surface area (Å²) < 4.78 is 5.17. The van der Waals surface area contributed by atoms with Crippen molar-refractivity contribution >= 4 is 5.91 Å². The Hall–Kier alpha value is -1.55. The number of carbonyl (C=O) groups excluding carboxylic acids is 1. The van der Waals surface area contributed by atoms with Gasteiger partial charge in [-0.15, -0.1) is 0 Å². The lowest BCUT2D eigenvalue weighted by Crippen LogP contribution is -2.33. The second-order valence-electron chi connectivity index (χ2n) is 4.14. The highest BCUT2D eigenvalue weighted by atomic mass is 16.5. The molecule has 0 aromatic heterocycles. The Balaban J connectivity index is 2.32. The normalized spacial score (nSPS) is 15.4. The lowest BCUT2D eigenvalue weighted by Gasteiger charge is -2.19. The maximum Gasteiger partial charge on any atom is 0.254 e. The number of benzene rings is 1. The Kier molecular flexibility index (Phi) is 3.64. The molecule has 4 nitrogen and oxygen atoms in total. The van der Waals surface area contributed by atoms with Crippen LogP contribution >= 0.6 is 0 Å². The van der Waals surface area contributed by atoms with Gasteiger partial charge in [-0.1, -0.05) is 0 Å². The molecule has 0 saturated heterocycles. The van der Waals surface area contributed by atoms with Crippen molar-refractivity contribution in [1.82, 2.24) is 4.90 Å². The molecule has 0 unspecified atom stereocenters. The van der Waals surface area contributed by atoms with Gasteiger partial charge in [-0.25, -0.2) is 0 Å². The van der Waals surface area contributed by atoms with Crippen molar-refractivity contribution in [3.05, 3.63) is 29.3 Å². The number of fused-ring (bicyclic) bond motifs is 1. The van der Waals surface area contributed by atoms with Crippen molar-refractivity contribution in [2.75, 3.05) is 26.8 Å². The number of amides is 1. The summed E-state index contributed by atoms with van der Waals surface area (Å²) in [5.41, 5.74) is 1.77. The third-order valence-corrected chi connectivity index (χ3v) is 3.07. The number of aliphatic hydroxyl groups is 1. The molecule has 0 radical (unpaired) electrons. The number of ether oxygens (including phenoxy) is 1. The molecule has 1 amide bonds. The van der Waals surface area contributed by atoms with Crippen LogP contribution in [0.4, 0.5) is 0 Å². The van der Waals surface area contributed by atoms with Crippen LogP contribution in [0.2, 0.25) is 0 Å². The molecule has 0 atom stereocenters. The average molecular weight is 235 g/mol. The molecule has 1 aromatic carbocycles. The maximum absolute atomic E-state index is 12.2. The zero-order chi connectivity index (χ0) is 12.3. The van der Waals surface area contributed by atoms with Gasteiger partial charge in [-0.3, -0.25) is 4.79 Å². The zero-order valence-electron chi connectivity index (χ0n) is 9.98. The summed E-state index contributed by atoms with van der Waals surface area (Å²) in [5, 5.41) is 8.94. The van der Waals surface area contributed by atoms with E-state index in [9.17, 15) is 4.79 Å². The summed E-state index contributed by atoms with van der Waals surface area (Å²) in [5.74, 6) is 0.793. The summed E-state index contributed by atoms with van der Waals surface area (Å²) in [4.78, 5) is 13.9. The van der Waals surface area contributed by atoms with Crippen LogP contribution in [0.25, 0.3) is 0 Å². The lowest BCUT2D eigenvalue weighted by molar-refractivity contribution is 0.0727. The standard InChI is InChI=1S/C13H17NO3/c1-17-11-4-5-12-10(9-11)3-2-6-14(7-8-15)13(12)16/h4-5,9,15H,2-3,6-8H2,1H3. The summed E-state index contributed by atoms with van der Waals surface area (Å²) in [6, 6.07) is 5.54. The minimum Gasteiger partial charge on any atom is -0.497 e. The molecule has 2 rings (SSSR count). The second kappa shape index (κ2) is 5.19. The summed E-state index contributed by atoms with van der Waals surface area (Å²) >= 11 is 0. The Morgan fingerprint density at radius 1 is 1.47 bits per heavy atom. The van der Waals surface area contributed by atoms with Gasteiger partial charge in [-0.2, -0.15) is 0 Å². The lowest BCUT2D eigenvalue weighted by atomic mass is 10.0. The van der Waals surface area contributed by atoms with Gasteiger partial charge < -0.3 is 14.7 Å². The molecule has 0 spiro atoms. The van der Waals surface area contributed by atoms with E-state index in [-0.39, 0.29) is 12.5 Å². The molecule has 1 aliphatic heterocycles. The molecule has 0 saturated carbocycles. The molecule has 17 heavy (non-hydrogen) atoms. The first-order valence-corrected chi connectivity index (χ1v) is 5.83. The van der Waals surface area contributed by atoms with Gasteiger partial charge in [0.2, 0.25) is 0 Å². The molecule has 0 bridgehead atoms. The van der Waals surface area contributed by atoms with Crippen LogP contribution in [0.15, 0.2) is 18.2 Å². The number of hydrogen-bond acceptors (Lipinski definition) is 3. The van der Waals surface area contributed by atoms with Crippen LogP contribution in [-0.4, -0.2) is 42.7 Å². The summed E-state index contributed by atoms with van der Waals surface area (Å²) in [7, 11) is 1.62. The topological polar surface area (TPSA) is 49.8 Å². The van der Waals surface area contributed by atoms with E-state index < -0.39 is 0 Å². The monoisotopic (exact) mass is 235 g/mol. The highest BCUT2D eigenvalue weighted by molar-refractivity contribution is 5.96. The number of β-amino-alcohol motifs (C(OH)–C–C–N with tert-alkyl or cyclic N) is 1. The average Bonchev–Trinajstić information content (AvgIpc) is 2.50. The fraction of sp³-hybridized carbons (Fsp3) is 0.462. The molecule has 0 aliphatic carbocycles. The summed E-state index contributed by atoms with van der Waals surface area (Å²) in [6.07, 6.45) is 1.80. The van der Waals surface area contributed by atoms with Gasteiger partial charge in [0.05, 0.1) is 13.7 Å². The number of nitrogens with zero attached hydrogens (tertiary/aromatic N) is 1. The van der Waals surface area contributed by atoms with E-state index in [1.807, 2.05) is 12.1 Å². The highest BCUT2D eigenvalue weighted by Crippen LogP contribution is 2.23. The zero-order valence-corrected chi connectivity index (χ0v) is 9.98. The first kappa shape index (κ1) is 11.9. The van der Waals surface area contributed by atoms with Gasteiger partial charge in [0.1, 0.15) is 5.75 Å². The number of methoxy groups -OCH3 is 1. The molecule has 1 aliphatic rings. The minimum absolute atomic E-state index is 0.00852. The Morgan fingerprint density at radius 2 is 2.29 bits per heavy atom. The first-order valence-electron chi connectivity index (χ1n) is 5.83. The van der Waals surface area contributed by atoms with Crippen molar-refractivity contribution in [3.63, 3.8) is 0 Å². The number of aryl methyl sites for hydroxylation is 1. The van der Waals surface area contributed by atoms with Gasteiger partial charge in [0, 0.05) is 18.7 Å². The molecule has 1 heterocycles. The maximum atomic E-state index is 12.2. The van der Waals surface area contributed by atoms with Crippen molar-refractivity contribution in [2.24, 2.45) is 0 Å². The van der Waals surface area contributed by atoms with E-state index in [0.717, 1.165) is 29.7 Å². The Morgan fingerprint density at radius 3 is 3.00 bits per heavy atom. The van der Waals surface area contributed by atoms with Gasteiger partial charge in [0.15, 0.2) is 0 Å². The molecule has 4 heteroatoms. The predicted octanol–water partition coefficient (Wildman–Crippen LogP) is 1.08. The second-order valence-corrected chi connectivity index (χ2v) is 4.14. The third-order valence-electron chi connectivity index (χ3n) is 3.07. The van der Waals surface area contributed by atoms with Gasteiger partial charge >= 0.3 is 0 Å². The molecule has 0 fully saturated rings. The van der Waals surface area contributed by atoms with Crippen molar-refractivity contribution in [3.8, 4) is 5.75 Å². The number of carbonyl (C=O) groups is 1. The van der Waals surface area contributed by atoms with Crippen LogP contribution in [0.5, 0.6) is 5.75 Å². The molecular formula is C13H17NO3. The van der Waals surface area contributed by atoms with E-state index in [4.69, 9.17) is 9.84 Å². The van der Waals surface area contributed by atoms with Crippen molar-refractivity contribution < 1.29 is 14.6 Å².